The fourth-order valence-electron chi connectivity index (χ4n) is 2.27. The number of hydrogen-bond donors (Lipinski definition) is 1. The second-order valence-corrected chi connectivity index (χ2v) is 4.25. The van der Waals surface area contributed by atoms with Crippen LogP contribution >= 0.6 is 0 Å². The Labute approximate surface area is 88.2 Å². The van der Waals surface area contributed by atoms with Gasteiger partial charge in [0.1, 0.15) is 11.7 Å². The first kappa shape index (κ1) is 8.89. The van der Waals surface area contributed by atoms with Crippen LogP contribution in [-0.2, 0) is 5.41 Å². The molecule has 0 unspecified atom stereocenters. The molecule has 1 aliphatic carbocycles. The molecule has 3 rings (SSSR count). The highest BCUT2D eigenvalue weighted by molar-refractivity contribution is 5.96. The summed E-state index contributed by atoms with van der Waals surface area (Å²) in [4.78, 5) is 4.48. The van der Waals surface area contributed by atoms with Gasteiger partial charge in [0.05, 0.1) is 12.0 Å². The van der Waals surface area contributed by atoms with Gasteiger partial charge in [0, 0.05) is 6.54 Å². The van der Waals surface area contributed by atoms with Gasteiger partial charge in [-0.3, -0.25) is 4.99 Å². The molecule has 15 heavy (non-hydrogen) atoms. The standard InChI is InChI=1S/C12H13FN2/c13-10-3-1-9(2-4-10)12(5-6-12)11-14-7-8-15-11/h1-4H,5-8H2,(H,14,15). The molecule has 1 aromatic carbocycles. The minimum atomic E-state index is -0.170. The third-order valence-electron chi connectivity index (χ3n) is 3.27. The van der Waals surface area contributed by atoms with Crippen molar-refractivity contribution >= 4 is 5.84 Å². The first-order valence-electron chi connectivity index (χ1n) is 5.36. The van der Waals surface area contributed by atoms with Gasteiger partial charge in [-0.05, 0) is 30.5 Å². The molecular weight excluding hydrogens is 191 g/mol. The summed E-state index contributed by atoms with van der Waals surface area (Å²) in [5.74, 6) is 0.935. The molecule has 0 bridgehead atoms. The summed E-state index contributed by atoms with van der Waals surface area (Å²) in [5, 5.41) is 3.33. The van der Waals surface area contributed by atoms with Crippen LogP contribution in [-0.4, -0.2) is 18.9 Å². The van der Waals surface area contributed by atoms with E-state index in [1.54, 1.807) is 0 Å². The van der Waals surface area contributed by atoms with Gasteiger partial charge in [0.2, 0.25) is 0 Å². The smallest absolute Gasteiger partial charge is 0.123 e. The van der Waals surface area contributed by atoms with Gasteiger partial charge < -0.3 is 5.32 Å². The van der Waals surface area contributed by atoms with Crippen molar-refractivity contribution in [2.75, 3.05) is 13.1 Å². The minimum absolute atomic E-state index is 0.0875. The van der Waals surface area contributed by atoms with Crippen LogP contribution in [0.15, 0.2) is 29.3 Å². The number of rotatable bonds is 2. The fourth-order valence-corrected chi connectivity index (χ4v) is 2.27. The van der Waals surface area contributed by atoms with Crippen molar-refractivity contribution in [1.29, 1.82) is 0 Å². The Balaban J connectivity index is 1.96. The number of nitrogens with zero attached hydrogens (tertiary/aromatic N) is 1. The molecule has 2 aliphatic rings. The van der Waals surface area contributed by atoms with E-state index in [2.05, 4.69) is 10.3 Å². The third-order valence-corrected chi connectivity index (χ3v) is 3.27. The molecule has 1 saturated carbocycles. The van der Waals surface area contributed by atoms with E-state index in [1.165, 1.54) is 17.7 Å². The molecule has 1 aromatic rings. The monoisotopic (exact) mass is 204 g/mol. The number of nitrogens with one attached hydrogen (secondary N) is 1. The van der Waals surface area contributed by atoms with Crippen molar-refractivity contribution in [3.63, 3.8) is 0 Å². The first-order chi connectivity index (χ1) is 7.31. The predicted molar refractivity (Wildman–Crippen MR) is 57.6 cm³/mol. The lowest BCUT2D eigenvalue weighted by molar-refractivity contribution is 0.626. The second-order valence-electron chi connectivity index (χ2n) is 4.25. The van der Waals surface area contributed by atoms with Crippen LogP contribution in [0.25, 0.3) is 0 Å². The molecule has 1 aliphatic heterocycles. The highest BCUT2D eigenvalue weighted by atomic mass is 19.1. The van der Waals surface area contributed by atoms with Gasteiger partial charge in [-0.1, -0.05) is 12.1 Å². The van der Waals surface area contributed by atoms with Crippen molar-refractivity contribution in [3.8, 4) is 0 Å². The number of amidine groups is 1. The molecule has 3 heteroatoms. The summed E-state index contributed by atoms with van der Waals surface area (Å²) in [6, 6.07) is 6.82. The highest BCUT2D eigenvalue weighted by Gasteiger charge is 2.49. The molecule has 0 aromatic heterocycles. The SMILES string of the molecule is Fc1ccc(C2(C3=NCCN3)CC2)cc1. The van der Waals surface area contributed by atoms with Crippen LogP contribution in [0.4, 0.5) is 4.39 Å². The quantitative estimate of drug-likeness (QED) is 0.781. The molecule has 0 amide bonds. The molecule has 1 fully saturated rings. The molecule has 78 valence electrons. The summed E-state index contributed by atoms with van der Waals surface area (Å²) < 4.78 is 12.8. The molecule has 1 N–H and O–H groups in total. The minimum Gasteiger partial charge on any atom is -0.371 e. The Bertz CT molecular complexity index is 404. The molecular formula is C12H13FN2. The predicted octanol–water partition coefficient (Wildman–Crippen LogP) is 1.86. The normalized spacial score (nSPS) is 22.1. The van der Waals surface area contributed by atoms with E-state index >= 15 is 0 Å². The van der Waals surface area contributed by atoms with Gasteiger partial charge in [-0.25, -0.2) is 4.39 Å². The molecule has 0 atom stereocenters. The lowest BCUT2D eigenvalue weighted by Gasteiger charge is -2.16. The zero-order valence-electron chi connectivity index (χ0n) is 8.46. The van der Waals surface area contributed by atoms with Crippen LogP contribution in [0, 0.1) is 5.82 Å². The number of hydrogen-bond acceptors (Lipinski definition) is 2. The molecule has 2 nitrogen and oxygen atoms in total. The van der Waals surface area contributed by atoms with E-state index < -0.39 is 0 Å². The van der Waals surface area contributed by atoms with Crippen molar-refractivity contribution in [1.82, 2.24) is 5.32 Å². The van der Waals surface area contributed by atoms with Crippen LogP contribution in [0.1, 0.15) is 18.4 Å². The topological polar surface area (TPSA) is 24.4 Å². The second kappa shape index (κ2) is 3.05. The van der Waals surface area contributed by atoms with Crippen molar-refractivity contribution in [3.05, 3.63) is 35.6 Å². The van der Waals surface area contributed by atoms with Crippen LogP contribution in [0.2, 0.25) is 0 Å². The van der Waals surface area contributed by atoms with E-state index in [9.17, 15) is 4.39 Å². The maximum absolute atomic E-state index is 12.8. The Kier molecular flexibility index (Phi) is 1.81. The maximum atomic E-state index is 12.8. The van der Waals surface area contributed by atoms with Crippen molar-refractivity contribution in [2.45, 2.75) is 18.3 Å². The van der Waals surface area contributed by atoms with E-state index in [1.807, 2.05) is 12.1 Å². The molecule has 0 saturated heterocycles. The zero-order chi connectivity index (χ0) is 10.3. The van der Waals surface area contributed by atoms with E-state index in [0.29, 0.717) is 0 Å². The van der Waals surface area contributed by atoms with E-state index in [0.717, 1.165) is 31.8 Å². The third kappa shape index (κ3) is 1.34. The number of halogens is 1. The first-order valence-corrected chi connectivity index (χ1v) is 5.36. The van der Waals surface area contributed by atoms with Crippen LogP contribution in [0.5, 0.6) is 0 Å². The Morgan fingerprint density at radius 2 is 1.93 bits per heavy atom. The summed E-state index contributed by atoms with van der Waals surface area (Å²) in [6.07, 6.45) is 2.26. The summed E-state index contributed by atoms with van der Waals surface area (Å²) in [7, 11) is 0. The van der Waals surface area contributed by atoms with Gasteiger partial charge >= 0.3 is 0 Å². The van der Waals surface area contributed by atoms with Crippen LogP contribution in [0.3, 0.4) is 0 Å². The lowest BCUT2D eigenvalue weighted by atomic mass is 9.94. The Morgan fingerprint density at radius 1 is 1.20 bits per heavy atom. The Hall–Kier alpha value is -1.38. The maximum Gasteiger partial charge on any atom is 0.123 e. The van der Waals surface area contributed by atoms with Crippen LogP contribution < -0.4 is 5.32 Å². The molecule has 0 radical (unpaired) electrons. The molecule has 0 spiro atoms. The lowest BCUT2D eigenvalue weighted by Crippen LogP contribution is -2.31. The largest absolute Gasteiger partial charge is 0.371 e. The summed E-state index contributed by atoms with van der Waals surface area (Å²) >= 11 is 0. The summed E-state index contributed by atoms with van der Waals surface area (Å²) in [5.41, 5.74) is 1.28. The van der Waals surface area contributed by atoms with Gasteiger partial charge in [-0.15, -0.1) is 0 Å². The zero-order valence-corrected chi connectivity index (χ0v) is 8.46. The molecule has 1 heterocycles. The Morgan fingerprint density at radius 3 is 2.47 bits per heavy atom. The average Bonchev–Trinajstić information content (AvgIpc) is 2.88. The van der Waals surface area contributed by atoms with Gasteiger partial charge in [0.15, 0.2) is 0 Å². The number of aliphatic imine (C=N–C) groups is 1. The van der Waals surface area contributed by atoms with E-state index in [4.69, 9.17) is 0 Å². The van der Waals surface area contributed by atoms with E-state index in [-0.39, 0.29) is 11.2 Å². The fraction of sp³-hybridized carbons (Fsp3) is 0.417. The summed E-state index contributed by atoms with van der Waals surface area (Å²) in [6.45, 7) is 1.82. The van der Waals surface area contributed by atoms with Crippen molar-refractivity contribution < 1.29 is 4.39 Å². The van der Waals surface area contributed by atoms with Gasteiger partial charge in [-0.2, -0.15) is 0 Å². The van der Waals surface area contributed by atoms with Gasteiger partial charge in [0.25, 0.3) is 0 Å². The average molecular weight is 204 g/mol. The van der Waals surface area contributed by atoms with Crippen molar-refractivity contribution in [2.24, 2.45) is 4.99 Å². The number of benzene rings is 1. The highest BCUT2D eigenvalue weighted by Crippen LogP contribution is 2.49.